The van der Waals surface area contributed by atoms with Gasteiger partial charge in [-0.05, 0) is 30.5 Å². The maximum Gasteiger partial charge on any atom is 0.270 e. The van der Waals surface area contributed by atoms with Gasteiger partial charge in [0.1, 0.15) is 5.82 Å². The van der Waals surface area contributed by atoms with Crippen molar-refractivity contribution in [2.45, 2.75) is 37.0 Å². The van der Waals surface area contributed by atoms with E-state index in [1.165, 1.54) is 18.9 Å². The van der Waals surface area contributed by atoms with Gasteiger partial charge in [-0.3, -0.25) is 19.4 Å². The smallest absolute Gasteiger partial charge is 0.270 e. The van der Waals surface area contributed by atoms with Gasteiger partial charge in [0.25, 0.3) is 5.56 Å². The molecular weight excluding hydrogens is 354 g/mol. The van der Waals surface area contributed by atoms with Gasteiger partial charge in [-0.15, -0.1) is 11.8 Å². The average Bonchev–Trinajstić information content (AvgIpc) is 3.21. The largest absolute Gasteiger partial charge is 0.504 e. The van der Waals surface area contributed by atoms with E-state index < -0.39 is 0 Å². The quantitative estimate of drug-likeness (QED) is 0.767. The Labute approximate surface area is 154 Å². The minimum atomic E-state index is -0.341. The Morgan fingerprint density at radius 2 is 2.04 bits per heavy atom. The van der Waals surface area contributed by atoms with E-state index in [0.29, 0.717) is 17.1 Å². The molecule has 0 bridgehead atoms. The number of amides is 1. The van der Waals surface area contributed by atoms with Gasteiger partial charge < -0.3 is 15.2 Å². The van der Waals surface area contributed by atoms with Crippen LogP contribution in [0.25, 0.3) is 0 Å². The Hall–Kier alpha value is -2.35. The van der Waals surface area contributed by atoms with Gasteiger partial charge in [-0.25, -0.2) is 0 Å². The van der Waals surface area contributed by atoms with Gasteiger partial charge in [-0.2, -0.15) is 0 Å². The summed E-state index contributed by atoms with van der Waals surface area (Å²) in [5.41, 5.74) is 1.11. The van der Waals surface area contributed by atoms with Gasteiger partial charge in [0.15, 0.2) is 11.5 Å². The number of aromatic nitrogens is 2. The molecule has 0 saturated heterocycles. The molecule has 1 aromatic heterocycles. The van der Waals surface area contributed by atoms with Crippen LogP contribution in [-0.2, 0) is 4.79 Å². The molecule has 1 saturated carbocycles. The summed E-state index contributed by atoms with van der Waals surface area (Å²) in [6.45, 7) is 0. The number of anilines is 1. The average molecular weight is 375 g/mol. The Balaban J connectivity index is 1.82. The van der Waals surface area contributed by atoms with Crippen LogP contribution < -0.4 is 15.6 Å². The molecule has 26 heavy (non-hydrogen) atoms. The van der Waals surface area contributed by atoms with E-state index >= 15 is 0 Å². The van der Waals surface area contributed by atoms with Crippen LogP contribution in [0.15, 0.2) is 23.0 Å². The Bertz CT molecular complexity index is 898. The molecule has 0 radical (unpaired) electrons. The summed E-state index contributed by atoms with van der Waals surface area (Å²) >= 11 is 1.38. The maximum atomic E-state index is 12.8. The second-order valence-corrected chi connectivity index (χ2v) is 7.78. The molecule has 7 nitrogen and oxygen atoms in total. The maximum absolute atomic E-state index is 12.8. The summed E-state index contributed by atoms with van der Waals surface area (Å²) in [6.07, 6.45) is 4.23. The zero-order chi connectivity index (χ0) is 18.3. The van der Waals surface area contributed by atoms with E-state index in [2.05, 4.69) is 10.4 Å². The fourth-order valence-corrected chi connectivity index (χ4v) is 4.93. The predicted octanol–water partition coefficient (Wildman–Crippen LogP) is 2.78. The number of hydrogen-bond acceptors (Lipinski definition) is 5. The zero-order valence-electron chi connectivity index (χ0n) is 14.4. The molecule has 2 aromatic rings. The van der Waals surface area contributed by atoms with Crippen LogP contribution >= 0.6 is 11.8 Å². The van der Waals surface area contributed by atoms with Crippen LogP contribution in [0.3, 0.4) is 0 Å². The van der Waals surface area contributed by atoms with Crippen molar-refractivity contribution in [2.75, 3.05) is 18.2 Å². The Kier molecular flexibility index (Phi) is 4.44. The summed E-state index contributed by atoms with van der Waals surface area (Å²) in [6, 6.07) is 5.30. The molecule has 0 spiro atoms. The van der Waals surface area contributed by atoms with E-state index in [-0.39, 0.29) is 34.3 Å². The topological polar surface area (TPSA) is 96.4 Å². The van der Waals surface area contributed by atoms with Crippen LogP contribution in [-0.4, -0.2) is 33.7 Å². The van der Waals surface area contributed by atoms with E-state index in [1.807, 2.05) is 10.7 Å². The second kappa shape index (κ2) is 6.75. The lowest BCUT2D eigenvalue weighted by Gasteiger charge is -2.17. The van der Waals surface area contributed by atoms with Crippen LogP contribution in [0.2, 0.25) is 0 Å². The fourth-order valence-electron chi connectivity index (χ4n) is 3.81. The Morgan fingerprint density at radius 3 is 2.73 bits per heavy atom. The Morgan fingerprint density at radius 1 is 1.27 bits per heavy atom. The highest BCUT2D eigenvalue weighted by molar-refractivity contribution is 8.00. The molecular formula is C18H21N3O4S. The number of phenols is 1. The third-order valence-electron chi connectivity index (χ3n) is 5.06. The molecule has 1 aliphatic heterocycles. The van der Waals surface area contributed by atoms with Gasteiger partial charge in [0, 0.05) is 0 Å². The molecule has 3 N–H and O–H groups in total. The number of phenolic OH excluding ortho intramolecular Hbond substituents is 1. The van der Waals surface area contributed by atoms with Crippen molar-refractivity contribution in [3.63, 3.8) is 0 Å². The molecule has 1 amide bonds. The van der Waals surface area contributed by atoms with Crippen LogP contribution in [0.5, 0.6) is 11.5 Å². The van der Waals surface area contributed by atoms with Gasteiger partial charge in [0.2, 0.25) is 5.91 Å². The van der Waals surface area contributed by atoms with E-state index in [0.717, 1.165) is 31.2 Å². The number of aromatic amines is 1. The standard InChI is InChI=1S/C18H21N3O4S/c1-25-13-7-6-10(8-12(13)22)16-15-17(19-14(23)9-26-16)21(20-18(15)24)11-4-2-3-5-11/h6-8,11,16,22H,2-5,9H2,1H3,(H,19,23)(H,20,24). The number of nitrogens with one attached hydrogen (secondary N) is 2. The van der Waals surface area contributed by atoms with E-state index in [9.17, 15) is 14.7 Å². The molecule has 1 aliphatic carbocycles. The first-order chi connectivity index (χ1) is 12.6. The highest BCUT2D eigenvalue weighted by atomic mass is 32.2. The third-order valence-corrected chi connectivity index (χ3v) is 6.33. The summed E-state index contributed by atoms with van der Waals surface area (Å²) in [7, 11) is 1.49. The van der Waals surface area contributed by atoms with Crippen molar-refractivity contribution in [3.8, 4) is 11.5 Å². The van der Waals surface area contributed by atoms with Crippen molar-refractivity contribution in [2.24, 2.45) is 0 Å². The summed E-state index contributed by atoms with van der Waals surface area (Å²) in [4.78, 5) is 25.0. The van der Waals surface area contributed by atoms with Crippen molar-refractivity contribution in [1.29, 1.82) is 0 Å². The molecule has 2 aliphatic rings. The van der Waals surface area contributed by atoms with Crippen LogP contribution in [0.1, 0.15) is 48.1 Å². The number of benzene rings is 1. The number of thioether (sulfide) groups is 1. The number of methoxy groups -OCH3 is 1. The number of ether oxygens (including phenoxy) is 1. The fraction of sp³-hybridized carbons (Fsp3) is 0.444. The van der Waals surface area contributed by atoms with Crippen molar-refractivity contribution >= 4 is 23.5 Å². The lowest BCUT2D eigenvalue weighted by atomic mass is 10.1. The number of carbonyl (C=O) groups is 1. The SMILES string of the molecule is COc1ccc(C2SCC(=O)Nc3c2c(=O)[nH]n3C2CCCC2)cc1O. The first-order valence-electron chi connectivity index (χ1n) is 8.71. The summed E-state index contributed by atoms with van der Waals surface area (Å²) in [5.74, 6) is 1.08. The first-order valence-corrected chi connectivity index (χ1v) is 9.76. The number of aromatic hydroxyl groups is 1. The highest BCUT2D eigenvalue weighted by Gasteiger charge is 2.33. The molecule has 1 atom stereocenters. The lowest BCUT2D eigenvalue weighted by molar-refractivity contribution is -0.113. The molecule has 4 rings (SSSR count). The molecule has 1 unspecified atom stereocenters. The van der Waals surface area contributed by atoms with Crippen LogP contribution in [0, 0.1) is 0 Å². The zero-order valence-corrected chi connectivity index (χ0v) is 15.3. The van der Waals surface area contributed by atoms with E-state index in [1.54, 1.807) is 12.1 Å². The second-order valence-electron chi connectivity index (χ2n) is 6.68. The monoisotopic (exact) mass is 375 g/mol. The number of hydrogen-bond donors (Lipinski definition) is 3. The van der Waals surface area contributed by atoms with Crippen molar-refractivity contribution < 1.29 is 14.6 Å². The molecule has 2 heterocycles. The minimum absolute atomic E-state index is 0.0161. The summed E-state index contributed by atoms with van der Waals surface area (Å²) < 4.78 is 6.94. The summed E-state index contributed by atoms with van der Waals surface area (Å²) in [5, 5.41) is 15.6. The van der Waals surface area contributed by atoms with Crippen LogP contribution in [0.4, 0.5) is 5.82 Å². The number of rotatable bonds is 3. The number of fused-ring (bicyclic) bond motifs is 1. The van der Waals surface area contributed by atoms with Gasteiger partial charge in [-0.1, -0.05) is 18.9 Å². The molecule has 8 heteroatoms. The normalized spacial score (nSPS) is 20.5. The predicted molar refractivity (Wildman–Crippen MR) is 100 cm³/mol. The number of carbonyl (C=O) groups excluding carboxylic acids is 1. The molecule has 138 valence electrons. The van der Waals surface area contributed by atoms with Crippen molar-refractivity contribution in [1.82, 2.24) is 9.78 Å². The first kappa shape index (κ1) is 17.1. The highest BCUT2D eigenvalue weighted by Crippen LogP contribution is 2.43. The molecule has 1 aromatic carbocycles. The third kappa shape index (κ3) is 2.88. The minimum Gasteiger partial charge on any atom is -0.504 e. The van der Waals surface area contributed by atoms with E-state index in [4.69, 9.17) is 4.74 Å². The lowest BCUT2D eigenvalue weighted by Crippen LogP contribution is -2.18. The number of nitrogens with zero attached hydrogens (tertiary/aromatic N) is 1. The van der Waals surface area contributed by atoms with Gasteiger partial charge >= 0.3 is 0 Å². The number of H-pyrrole nitrogens is 1. The molecule has 1 fully saturated rings. The van der Waals surface area contributed by atoms with Gasteiger partial charge in [0.05, 0.1) is 29.7 Å². The van der Waals surface area contributed by atoms with Crippen molar-refractivity contribution in [3.05, 3.63) is 39.7 Å².